The SMILES string of the molecule is CC(C)(c1ccccc1)N1CCN(c2ccccc2O)CC1. The van der Waals surface area contributed by atoms with Gasteiger partial charge in [-0.1, -0.05) is 42.5 Å². The van der Waals surface area contributed by atoms with Crippen molar-refractivity contribution in [2.24, 2.45) is 0 Å². The summed E-state index contributed by atoms with van der Waals surface area (Å²) in [6.45, 7) is 8.45. The molecule has 1 heterocycles. The molecule has 0 aliphatic carbocycles. The summed E-state index contributed by atoms with van der Waals surface area (Å²) < 4.78 is 0. The summed E-state index contributed by atoms with van der Waals surface area (Å²) in [6.07, 6.45) is 0. The molecule has 0 radical (unpaired) electrons. The van der Waals surface area contributed by atoms with Crippen LogP contribution in [0.5, 0.6) is 5.75 Å². The number of phenols is 1. The average molecular weight is 296 g/mol. The van der Waals surface area contributed by atoms with Crippen LogP contribution in [0.4, 0.5) is 5.69 Å². The van der Waals surface area contributed by atoms with Crippen molar-refractivity contribution < 1.29 is 5.11 Å². The molecule has 116 valence electrons. The highest BCUT2D eigenvalue weighted by Crippen LogP contribution is 2.31. The number of anilines is 1. The second kappa shape index (κ2) is 6.01. The van der Waals surface area contributed by atoms with Crippen LogP contribution in [0.3, 0.4) is 0 Å². The number of piperazine rings is 1. The van der Waals surface area contributed by atoms with Gasteiger partial charge in [-0.2, -0.15) is 0 Å². The monoisotopic (exact) mass is 296 g/mol. The van der Waals surface area contributed by atoms with Gasteiger partial charge in [0.15, 0.2) is 0 Å². The van der Waals surface area contributed by atoms with Crippen molar-refractivity contribution in [3.63, 3.8) is 0 Å². The van der Waals surface area contributed by atoms with Crippen LogP contribution in [-0.4, -0.2) is 36.2 Å². The van der Waals surface area contributed by atoms with Crippen molar-refractivity contribution in [2.75, 3.05) is 31.1 Å². The molecule has 0 atom stereocenters. The molecular formula is C19H24N2O. The summed E-state index contributed by atoms with van der Waals surface area (Å²) in [6, 6.07) is 18.3. The molecule has 1 fully saturated rings. The maximum atomic E-state index is 10.0. The van der Waals surface area contributed by atoms with E-state index in [4.69, 9.17) is 0 Å². The van der Waals surface area contributed by atoms with E-state index in [0.717, 1.165) is 31.9 Å². The molecule has 0 saturated carbocycles. The van der Waals surface area contributed by atoms with Gasteiger partial charge in [-0.15, -0.1) is 0 Å². The summed E-state index contributed by atoms with van der Waals surface area (Å²) in [4.78, 5) is 4.80. The molecule has 0 amide bonds. The minimum Gasteiger partial charge on any atom is -0.506 e. The first-order valence-electron chi connectivity index (χ1n) is 7.92. The Hall–Kier alpha value is -2.00. The fourth-order valence-electron chi connectivity index (χ4n) is 3.27. The summed E-state index contributed by atoms with van der Waals surface area (Å²) in [5, 5.41) is 10.0. The van der Waals surface area contributed by atoms with Gasteiger partial charge in [0.25, 0.3) is 0 Å². The first kappa shape index (κ1) is 14.9. The smallest absolute Gasteiger partial charge is 0.138 e. The minimum atomic E-state index is 0.0338. The Kier molecular flexibility index (Phi) is 4.08. The van der Waals surface area contributed by atoms with E-state index in [9.17, 15) is 5.11 Å². The molecule has 3 nitrogen and oxygen atoms in total. The molecule has 3 rings (SSSR count). The molecule has 2 aromatic rings. The molecule has 2 aromatic carbocycles. The third-order valence-electron chi connectivity index (χ3n) is 4.77. The molecular weight excluding hydrogens is 272 g/mol. The topological polar surface area (TPSA) is 26.7 Å². The van der Waals surface area contributed by atoms with Crippen LogP contribution < -0.4 is 4.90 Å². The molecule has 22 heavy (non-hydrogen) atoms. The van der Waals surface area contributed by atoms with E-state index in [1.54, 1.807) is 6.07 Å². The number of rotatable bonds is 3. The highest BCUT2D eigenvalue weighted by molar-refractivity contribution is 5.57. The van der Waals surface area contributed by atoms with Gasteiger partial charge in [-0.3, -0.25) is 4.90 Å². The van der Waals surface area contributed by atoms with Gasteiger partial charge in [0, 0.05) is 31.7 Å². The van der Waals surface area contributed by atoms with Crippen LogP contribution in [0.2, 0.25) is 0 Å². The Labute approximate surface area is 132 Å². The lowest BCUT2D eigenvalue weighted by molar-refractivity contribution is 0.111. The van der Waals surface area contributed by atoms with E-state index < -0.39 is 0 Å². The first-order valence-corrected chi connectivity index (χ1v) is 7.92. The fraction of sp³-hybridized carbons (Fsp3) is 0.368. The molecule has 1 aliphatic heterocycles. The number of hydrogen-bond donors (Lipinski definition) is 1. The minimum absolute atomic E-state index is 0.0338. The van der Waals surface area contributed by atoms with Crippen molar-refractivity contribution in [1.29, 1.82) is 0 Å². The standard InChI is InChI=1S/C19H24N2O/c1-19(2,16-8-4-3-5-9-16)21-14-12-20(13-15-21)17-10-6-7-11-18(17)22/h3-11,22H,12-15H2,1-2H3. The normalized spacial score (nSPS) is 16.7. The highest BCUT2D eigenvalue weighted by Gasteiger charge is 2.31. The fourth-order valence-corrected chi connectivity index (χ4v) is 3.27. The first-order chi connectivity index (χ1) is 10.6. The van der Waals surface area contributed by atoms with Crippen LogP contribution >= 0.6 is 0 Å². The third-order valence-corrected chi connectivity index (χ3v) is 4.77. The van der Waals surface area contributed by atoms with Crippen molar-refractivity contribution in [1.82, 2.24) is 4.90 Å². The second-order valence-corrected chi connectivity index (χ2v) is 6.39. The molecule has 1 saturated heterocycles. The summed E-state index contributed by atoms with van der Waals surface area (Å²) in [7, 11) is 0. The Morgan fingerprint density at radius 3 is 2.05 bits per heavy atom. The highest BCUT2D eigenvalue weighted by atomic mass is 16.3. The molecule has 0 aromatic heterocycles. The zero-order chi connectivity index (χ0) is 15.6. The Bertz CT molecular complexity index is 616. The van der Waals surface area contributed by atoms with Crippen LogP contribution in [0.15, 0.2) is 54.6 Å². The van der Waals surface area contributed by atoms with Gasteiger partial charge in [-0.25, -0.2) is 0 Å². The predicted octanol–water partition coefficient (Wildman–Crippen LogP) is 3.45. The quantitative estimate of drug-likeness (QED) is 0.940. The zero-order valence-corrected chi connectivity index (χ0v) is 13.4. The number of phenolic OH excluding ortho intramolecular Hbond substituents is 1. The third kappa shape index (κ3) is 2.81. The second-order valence-electron chi connectivity index (χ2n) is 6.39. The van der Waals surface area contributed by atoms with Crippen LogP contribution in [0, 0.1) is 0 Å². The number of hydrogen-bond acceptors (Lipinski definition) is 3. The molecule has 0 bridgehead atoms. The van der Waals surface area contributed by atoms with E-state index >= 15 is 0 Å². The summed E-state index contributed by atoms with van der Waals surface area (Å²) in [5.41, 5.74) is 2.33. The average Bonchev–Trinajstić information content (AvgIpc) is 2.56. The number of para-hydroxylation sites is 2. The summed E-state index contributed by atoms with van der Waals surface area (Å²) in [5.74, 6) is 0.373. The lowest BCUT2D eigenvalue weighted by atomic mass is 9.91. The maximum Gasteiger partial charge on any atom is 0.138 e. The number of nitrogens with zero attached hydrogens (tertiary/aromatic N) is 2. The Balaban J connectivity index is 1.71. The predicted molar refractivity (Wildman–Crippen MR) is 91.4 cm³/mol. The van der Waals surface area contributed by atoms with Crippen molar-refractivity contribution in [3.05, 3.63) is 60.2 Å². The zero-order valence-electron chi connectivity index (χ0n) is 13.4. The van der Waals surface area contributed by atoms with E-state index in [2.05, 4.69) is 54.0 Å². The number of aromatic hydroxyl groups is 1. The van der Waals surface area contributed by atoms with Gasteiger partial charge in [0.05, 0.1) is 5.69 Å². The summed E-state index contributed by atoms with van der Waals surface area (Å²) >= 11 is 0. The van der Waals surface area contributed by atoms with Crippen LogP contribution in [0.25, 0.3) is 0 Å². The molecule has 3 heteroatoms. The van der Waals surface area contributed by atoms with Gasteiger partial charge >= 0.3 is 0 Å². The van der Waals surface area contributed by atoms with Crippen molar-refractivity contribution >= 4 is 5.69 Å². The van der Waals surface area contributed by atoms with Crippen LogP contribution in [-0.2, 0) is 5.54 Å². The van der Waals surface area contributed by atoms with Gasteiger partial charge in [0.1, 0.15) is 5.75 Å². The van der Waals surface area contributed by atoms with E-state index in [0.29, 0.717) is 5.75 Å². The maximum absolute atomic E-state index is 10.0. The van der Waals surface area contributed by atoms with Crippen molar-refractivity contribution in [2.45, 2.75) is 19.4 Å². The molecule has 1 N–H and O–H groups in total. The Morgan fingerprint density at radius 1 is 0.818 bits per heavy atom. The van der Waals surface area contributed by atoms with Gasteiger partial charge < -0.3 is 10.0 Å². The largest absolute Gasteiger partial charge is 0.506 e. The van der Waals surface area contributed by atoms with E-state index in [1.165, 1.54) is 5.56 Å². The Morgan fingerprint density at radius 2 is 1.41 bits per heavy atom. The molecule has 1 aliphatic rings. The van der Waals surface area contributed by atoms with E-state index in [-0.39, 0.29) is 5.54 Å². The van der Waals surface area contributed by atoms with Gasteiger partial charge in [0.2, 0.25) is 0 Å². The number of benzene rings is 2. The molecule has 0 unspecified atom stereocenters. The van der Waals surface area contributed by atoms with Gasteiger partial charge in [-0.05, 0) is 31.5 Å². The van der Waals surface area contributed by atoms with E-state index in [1.807, 2.05) is 18.2 Å². The lowest BCUT2D eigenvalue weighted by Gasteiger charge is -2.45. The lowest BCUT2D eigenvalue weighted by Crippen LogP contribution is -2.53. The van der Waals surface area contributed by atoms with Crippen molar-refractivity contribution in [3.8, 4) is 5.75 Å². The van der Waals surface area contributed by atoms with Crippen LogP contribution in [0.1, 0.15) is 19.4 Å². The molecule has 0 spiro atoms.